The lowest BCUT2D eigenvalue weighted by Gasteiger charge is -2.26. The summed E-state index contributed by atoms with van der Waals surface area (Å²) >= 11 is 5.80. The van der Waals surface area contributed by atoms with E-state index in [0.717, 1.165) is 25.1 Å². The normalized spacial score (nSPS) is 13.9. The average molecular weight is 400 g/mol. The maximum Gasteiger partial charge on any atom is 0.251 e. The maximum absolute atomic E-state index is 12.2. The van der Waals surface area contributed by atoms with E-state index in [9.17, 15) is 14.4 Å². The Morgan fingerprint density at radius 3 is 1.93 bits per heavy atom. The number of benzene rings is 2. The van der Waals surface area contributed by atoms with E-state index < -0.39 is 0 Å². The fourth-order valence-corrected chi connectivity index (χ4v) is 3.16. The lowest BCUT2D eigenvalue weighted by Crippen LogP contribution is -2.35. The summed E-state index contributed by atoms with van der Waals surface area (Å²) < 4.78 is 0. The number of rotatable bonds is 6. The Bertz CT molecular complexity index is 850. The second-order valence-electron chi connectivity index (χ2n) is 6.57. The minimum Gasteiger partial charge on any atom is -0.350 e. The number of carbonyl (C=O) groups is 3. The van der Waals surface area contributed by atoms with Gasteiger partial charge in [-0.15, -0.1) is 0 Å². The molecule has 2 aromatic carbocycles. The van der Waals surface area contributed by atoms with Gasteiger partial charge in [0.05, 0.1) is 0 Å². The number of hydrogen-bond donors (Lipinski definition) is 2. The van der Waals surface area contributed by atoms with Crippen molar-refractivity contribution < 1.29 is 14.4 Å². The molecule has 146 valence electrons. The van der Waals surface area contributed by atoms with Crippen LogP contribution >= 0.6 is 11.6 Å². The number of piperidine rings is 1. The van der Waals surface area contributed by atoms with Crippen LogP contribution in [0.2, 0.25) is 5.02 Å². The molecule has 7 heteroatoms. The number of amides is 3. The highest BCUT2D eigenvalue weighted by molar-refractivity contribution is 6.30. The third kappa shape index (κ3) is 5.10. The molecule has 1 saturated heterocycles. The van der Waals surface area contributed by atoms with Gasteiger partial charge in [-0.25, -0.2) is 0 Å². The van der Waals surface area contributed by atoms with Gasteiger partial charge in [0.2, 0.25) is 5.91 Å². The van der Waals surface area contributed by atoms with Crippen molar-refractivity contribution in [2.24, 2.45) is 0 Å². The molecule has 1 fully saturated rings. The minimum atomic E-state index is -0.225. The number of hydrogen-bond acceptors (Lipinski definition) is 3. The monoisotopic (exact) mass is 399 g/mol. The Hall–Kier alpha value is -2.86. The molecule has 0 radical (unpaired) electrons. The lowest BCUT2D eigenvalue weighted by molar-refractivity contribution is -0.119. The van der Waals surface area contributed by atoms with Crippen molar-refractivity contribution in [3.05, 3.63) is 64.7 Å². The van der Waals surface area contributed by atoms with Crippen molar-refractivity contribution in [2.45, 2.75) is 19.3 Å². The number of anilines is 1. The molecule has 0 aliphatic carbocycles. The predicted octanol–water partition coefficient (Wildman–Crippen LogP) is 3.02. The SMILES string of the molecule is O=C(NCCNC(=O)c1ccc(N2CCCCC2=O)cc1)c1ccc(Cl)cc1. The molecule has 1 aliphatic rings. The molecule has 1 heterocycles. The number of nitrogens with zero attached hydrogens (tertiary/aromatic N) is 1. The molecule has 0 unspecified atom stereocenters. The van der Waals surface area contributed by atoms with Crippen LogP contribution in [-0.2, 0) is 4.79 Å². The van der Waals surface area contributed by atoms with E-state index in [4.69, 9.17) is 11.6 Å². The fourth-order valence-electron chi connectivity index (χ4n) is 3.03. The Labute approximate surface area is 168 Å². The van der Waals surface area contributed by atoms with Gasteiger partial charge in [0.25, 0.3) is 11.8 Å². The van der Waals surface area contributed by atoms with Crippen molar-refractivity contribution in [3.8, 4) is 0 Å². The van der Waals surface area contributed by atoms with Crippen LogP contribution in [0.4, 0.5) is 5.69 Å². The molecule has 0 bridgehead atoms. The Kier molecular flexibility index (Phi) is 6.66. The van der Waals surface area contributed by atoms with Crippen LogP contribution < -0.4 is 15.5 Å². The highest BCUT2D eigenvalue weighted by Crippen LogP contribution is 2.21. The smallest absolute Gasteiger partial charge is 0.251 e. The number of carbonyl (C=O) groups excluding carboxylic acids is 3. The Morgan fingerprint density at radius 1 is 0.857 bits per heavy atom. The molecular weight excluding hydrogens is 378 g/mol. The summed E-state index contributed by atoms with van der Waals surface area (Å²) in [7, 11) is 0. The summed E-state index contributed by atoms with van der Waals surface area (Å²) in [5.74, 6) is -0.321. The van der Waals surface area contributed by atoms with Gasteiger partial charge in [0.15, 0.2) is 0 Å². The number of nitrogens with one attached hydrogen (secondary N) is 2. The molecule has 0 aromatic heterocycles. The van der Waals surface area contributed by atoms with E-state index in [2.05, 4.69) is 10.6 Å². The van der Waals surface area contributed by atoms with Crippen LogP contribution in [0.15, 0.2) is 48.5 Å². The first kappa shape index (κ1) is 19.9. The summed E-state index contributed by atoms with van der Waals surface area (Å²) in [6.45, 7) is 1.34. The van der Waals surface area contributed by atoms with Gasteiger partial charge < -0.3 is 15.5 Å². The van der Waals surface area contributed by atoms with E-state index in [1.165, 1.54) is 0 Å². The van der Waals surface area contributed by atoms with Crippen LogP contribution in [-0.4, -0.2) is 37.4 Å². The second kappa shape index (κ2) is 9.37. The van der Waals surface area contributed by atoms with E-state index in [-0.39, 0.29) is 17.7 Å². The largest absolute Gasteiger partial charge is 0.350 e. The Morgan fingerprint density at radius 2 is 1.39 bits per heavy atom. The molecule has 6 nitrogen and oxygen atoms in total. The zero-order valence-electron chi connectivity index (χ0n) is 15.4. The highest BCUT2D eigenvalue weighted by Gasteiger charge is 2.19. The summed E-state index contributed by atoms with van der Waals surface area (Å²) in [6.07, 6.45) is 2.50. The first-order valence-electron chi connectivity index (χ1n) is 9.27. The fraction of sp³-hybridized carbons (Fsp3) is 0.286. The molecular formula is C21H22ClN3O3. The quantitative estimate of drug-likeness (QED) is 0.733. The van der Waals surface area contributed by atoms with E-state index in [1.807, 2.05) is 0 Å². The standard InChI is InChI=1S/C21H22ClN3O3/c22-17-8-4-15(5-9-17)20(27)23-12-13-24-21(28)16-6-10-18(11-7-16)25-14-2-1-3-19(25)26/h4-11H,1-3,12-14H2,(H,23,27)(H,24,28). The highest BCUT2D eigenvalue weighted by atomic mass is 35.5. The van der Waals surface area contributed by atoms with E-state index >= 15 is 0 Å². The number of halogens is 1. The summed E-state index contributed by atoms with van der Waals surface area (Å²) in [5, 5.41) is 6.08. The summed E-state index contributed by atoms with van der Waals surface area (Å²) in [4.78, 5) is 37.9. The first-order chi connectivity index (χ1) is 13.5. The second-order valence-corrected chi connectivity index (χ2v) is 7.00. The third-order valence-electron chi connectivity index (χ3n) is 4.57. The molecule has 0 atom stereocenters. The molecule has 1 aliphatic heterocycles. The molecule has 3 amide bonds. The average Bonchev–Trinajstić information content (AvgIpc) is 2.72. The molecule has 0 spiro atoms. The molecule has 2 N–H and O–H groups in total. The van der Waals surface area contributed by atoms with Crippen LogP contribution in [0, 0.1) is 0 Å². The zero-order valence-corrected chi connectivity index (χ0v) is 16.2. The van der Waals surface area contributed by atoms with Crippen LogP contribution in [0.1, 0.15) is 40.0 Å². The van der Waals surface area contributed by atoms with Gasteiger partial charge in [0.1, 0.15) is 0 Å². The lowest BCUT2D eigenvalue weighted by atomic mass is 10.1. The van der Waals surface area contributed by atoms with Crippen LogP contribution in [0.25, 0.3) is 0 Å². The molecule has 28 heavy (non-hydrogen) atoms. The van der Waals surface area contributed by atoms with Crippen molar-refractivity contribution >= 4 is 35.0 Å². The summed E-state index contributed by atoms with van der Waals surface area (Å²) in [5.41, 5.74) is 1.84. The molecule has 2 aromatic rings. The van der Waals surface area contributed by atoms with Crippen molar-refractivity contribution in [2.75, 3.05) is 24.5 Å². The van der Waals surface area contributed by atoms with Gasteiger partial charge in [-0.3, -0.25) is 14.4 Å². The zero-order chi connectivity index (χ0) is 19.9. The summed E-state index contributed by atoms with van der Waals surface area (Å²) in [6, 6.07) is 13.6. The third-order valence-corrected chi connectivity index (χ3v) is 4.82. The molecule has 3 rings (SSSR count). The Balaban J connectivity index is 1.45. The molecule has 0 saturated carbocycles. The van der Waals surface area contributed by atoms with Crippen molar-refractivity contribution in [1.29, 1.82) is 0 Å². The predicted molar refractivity (Wildman–Crippen MR) is 109 cm³/mol. The topological polar surface area (TPSA) is 78.5 Å². The van der Waals surface area contributed by atoms with Gasteiger partial charge >= 0.3 is 0 Å². The van der Waals surface area contributed by atoms with Gasteiger partial charge in [-0.2, -0.15) is 0 Å². The minimum absolute atomic E-state index is 0.125. The van der Waals surface area contributed by atoms with Crippen LogP contribution in [0.5, 0.6) is 0 Å². The van der Waals surface area contributed by atoms with Crippen molar-refractivity contribution in [3.63, 3.8) is 0 Å². The van der Waals surface area contributed by atoms with E-state index in [1.54, 1.807) is 53.4 Å². The van der Waals surface area contributed by atoms with Crippen molar-refractivity contribution in [1.82, 2.24) is 10.6 Å². The van der Waals surface area contributed by atoms with Gasteiger partial charge in [0, 0.05) is 47.9 Å². The van der Waals surface area contributed by atoms with Crippen LogP contribution in [0.3, 0.4) is 0 Å². The van der Waals surface area contributed by atoms with Gasteiger partial charge in [-0.1, -0.05) is 11.6 Å². The van der Waals surface area contributed by atoms with E-state index in [0.29, 0.717) is 35.7 Å². The van der Waals surface area contributed by atoms with Gasteiger partial charge in [-0.05, 0) is 61.4 Å². The first-order valence-corrected chi connectivity index (χ1v) is 9.65. The maximum atomic E-state index is 12.2.